The maximum Gasteiger partial charge on any atom is 0.0802 e. The van der Waals surface area contributed by atoms with Crippen molar-refractivity contribution in [1.82, 2.24) is 0 Å². The van der Waals surface area contributed by atoms with Crippen LogP contribution in [0.4, 0.5) is 22.7 Å². The first-order chi connectivity index (χ1) is 4.63. The Kier molecular flexibility index (Phi) is 3.00. The van der Waals surface area contributed by atoms with Gasteiger partial charge in [0.25, 0.3) is 0 Å². The van der Waals surface area contributed by atoms with Crippen LogP contribution in [0.3, 0.4) is 0 Å². The minimum atomic E-state index is 0. The first kappa shape index (κ1) is 9.90. The van der Waals surface area contributed by atoms with Gasteiger partial charge in [0.15, 0.2) is 0 Å². The van der Waals surface area contributed by atoms with Crippen molar-refractivity contribution in [3.63, 3.8) is 0 Å². The molecule has 4 nitrogen and oxygen atoms in total. The fourth-order valence-electron chi connectivity index (χ4n) is 0.670. The van der Waals surface area contributed by atoms with Crippen LogP contribution in [0.15, 0.2) is 12.1 Å². The largest absolute Gasteiger partial charge is 0.397 e. The third-order valence-electron chi connectivity index (χ3n) is 1.35. The highest BCUT2D eigenvalue weighted by atomic mass is 79.9. The van der Waals surface area contributed by atoms with Gasteiger partial charge in [0.05, 0.1) is 22.7 Å². The molecule has 5 heteroatoms. The molecule has 0 fully saturated rings. The van der Waals surface area contributed by atoms with E-state index in [2.05, 4.69) is 0 Å². The summed E-state index contributed by atoms with van der Waals surface area (Å²) in [6.45, 7) is 0. The first-order valence-corrected chi connectivity index (χ1v) is 2.82. The smallest absolute Gasteiger partial charge is 0.0802 e. The Balaban J connectivity index is 0.000001000. The van der Waals surface area contributed by atoms with E-state index >= 15 is 0 Å². The third kappa shape index (κ3) is 1.68. The van der Waals surface area contributed by atoms with Crippen LogP contribution in [0.2, 0.25) is 0 Å². The Morgan fingerprint density at radius 2 is 1.00 bits per heavy atom. The Labute approximate surface area is 75.3 Å². The van der Waals surface area contributed by atoms with Crippen LogP contribution in [0.1, 0.15) is 0 Å². The summed E-state index contributed by atoms with van der Waals surface area (Å²) in [6.07, 6.45) is 0. The van der Waals surface area contributed by atoms with Crippen molar-refractivity contribution < 1.29 is 0 Å². The Hall–Kier alpha value is -1.10. The van der Waals surface area contributed by atoms with E-state index in [1.165, 1.54) is 0 Å². The van der Waals surface area contributed by atoms with Crippen LogP contribution in [0.25, 0.3) is 0 Å². The van der Waals surface area contributed by atoms with Crippen LogP contribution in [-0.2, 0) is 0 Å². The molecule has 0 unspecified atom stereocenters. The molecule has 0 saturated carbocycles. The summed E-state index contributed by atoms with van der Waals surface area (Å²) in [5.41, 5.74) is 23.4. The Morgan fingerprint density at radius 1 is 0.727 bits per heavy atom. The number of halogens is 1. The number of anilines is 4. The fourth-order valence-corrected chi connectivity index (χ4v) is 0.670. The van der Waals surface area contributed by atoms with E-state index in [4.69, 9.17) is 22.9 Å². The number of hydrogen-bond donors (Lipinski definition) is 4. The van der Waals surface area contributed by atoms with Crippen molar-refractivity contribution in [1.29, 1.82) is 0 Å². The molecule has 0 heterocycles. The lowest BCUT2D eigenvalue weighted by molar-refractivity contribution is 1.63. The van der Waals surface area contributed by atoms with Gasteiger partial charge in [-0.15, -0.1) is 17.0 Å². The molecule has 0 aromatic heterocycles. The van der Waals surface area contributed by atoms with Gasteiger partial charge in [-0.25, -0.2) is 0 Å². The summed E-state index contributed by atoms with van der Waals surface area (Å²) >= 11 is 0. The van der Waals surface area contributed by atoms with Gasteiger partial charge in [-0.05, 0) is 12.1 Å². The molecule has 0 aliphatic carbocycles. The quantitative estimate of drug-likeness (QED) is 0.479. The van der Waals surface area contributed by atoms with Gasteiger partial charge >= 0.3 is 0 Å². The molecular formula is C6H11BrN4. The second kappa shape index (κ2) is 3.34. The second-order valence-corrected chi connectivity index (χ2v) is 2.07. The Morgan fingerprint density at radius 3 is 1.27 bits per heavy atom. The number of nitrogens with two attached hydrogens (primary N) is 4. The number of rotatable bonds is 0. The van der Waals surface area contributed by atoms with Gasteiger partial charge in [0, 0.05) is 0 Å². The van der Waals surface area contributed by atoms with Crippen LogP contribution < -0.4 is 22.9 Å². The molecule has 62 valence electrons. The highest BCUT2D eigenvalue weighted by molar-refractivity contribution is 8.93. The monoisotopic (exact) mass is 218 g/mol. The molecule has 0 aliphatic rings. The molecule has 1 rings (SSSR count). The first-order valence-electron chi connectivity index (χ1n) is 2.82. The molecule has 0 amide bonds. The summed E-state index contributed by atoms with van der Waals surface area (Å²) in [5, 5.41) is 0. The van der Waals surface area contributed by atoms with Gasteiger partial charge in [-0.1, -0.05) is 0 Å². The van der Waals surface area contributed by atoms with E-state index < -0.39 is 0 Å². The topological polar surface area (TPSA) is 104 Å². The SMILES string of the molecule is Br.Nc1ccc(N)c(N)c1N. The van der Waals surface area contributed by atoms with Crippen LogP contribution in [-0.4, -0.2) is 0 Å². The van der Waals surface area contributed by atoms with E-state index in [1.807, 2.05) is 0 Å². The van der Waals surface area contributed by atoms with Crippen LogP contribution in [0, 0.1) is 0 Å². The molecular weight excluding hydrogens is 208 g/mol. The molecule has 0 radical (unpaired) electrons. The normalized spacial score (nSPS) is 8.73. The standard InChI is InChI=1S/C6H10N4.BrH/c7-3-1-2-4(8)6(10)5(3)9;/h1-2H,7-10H2;1H. The Bertz CT molecular complexity index is 234. The molecule has 1 aromatic rings. The van der Waals surface area contributed by atoms with Gasteiger partial charge < -0.3 is 22.9 Å². The van der Waals surface area contributed by atoms with E-state index in [0.717, 1.165) is 0 Å². The number of benzene rings is 1. The molecule has 0 spiro atoms. The van der Waals surface area contributed by atoms with Gasteiger partial charge in [0.1, 0.15) is 0 Å². The molecule has 0 bridgehead atoms. The predicted molar refractivity (Wildman–Crippen MR) is 54.4 cm³/mol. The van der Waals surface area contributed by atoms with Crippen molar-refractivity contribution in [2.45, 2.75) is 0 Å². The number of nitrogen functional groups attached to an aromatic ring is 4. The molecule has 0 saturated heterocycles. The van der Waals surface area contributed by atoms with Gasteiger partial charge in [-0.2, -0.15) is 0 Å². The summed E-state index contributed by atoms with van der Waals surface area (Å²) in [7, 11) is 0. The minimum Gasteiger partial charge on any atom is -0.397 e. The average molecular weight is 219 g/mol. The lowest BCUT2D eigenvalue weighted by atomic mass is 10.2. The van der Waals surface area contributed by atoms with Crippen molar-refractivity contribution >= 4 is 39.7 Å². The molecule has 8 N–H and O–H groups in total. The second-order valence-electron chi connectivity index (χ2n) is 2.07. The zero-order valence-corrected chi connectivity index (χ0v) is 7.59. The molecule has 11 heavy (non-hydrogen) atoms. The van der Waals surface area contributed by atoms with Crippen molar-refractivity contribution in [3.05, 3.63) is 12.1 Å². The third-order valence-corrected chi connectivity index (χ3v) is 1.35. The zero-order valence-electron chi connectivity index (χ0n) is 5.87. The zero-order chi connectivity index (χ0) is 7.72. The number of hydrogen-bond acceptors (Lipinski definition) is 4. The van der Waals surface area contributed by atoms with E-state index in [9.17, 15) is 0 Å². The summed E-state index contributed by atoms with van der Waals surface area (Å²) in [4.78, 5) is 0. The van der Waals surface area contributed by atoms with Crippen LogP contribution >= 0.6 is 17.0 Å². The maximum atomic E-state index is 5.45. The van der Waals surface area contributed by atoms with E-state index in [-0.39, 0.29) is 17.0 Å². The van der Waals surface area contributed by atoms with Gasteiger partial charge in [-0.3, -0.25) is 0 Å². The van der Waals surface area contributed by atoms with E-state index in [1.54, 1.807) is 12.1 Å². The lowest BCUT2D eigenvalue weighted by Gasteiger charge is -2.05. The molecule has 0 aliphatic heterocycles. The predicted octanol–water partition coefficient (Wildman–Crippen LogP) is 0.593. The van der Waals surface area contributed by atoms with Crippen molar-refractivity contribution in [2.24, 2.45) is 0 Å². The minimum absolute atomic E-state index is 0. The van der Waals surface area contributed by atoms with Crippen molar-refractivity contribution in [2.75, 3.05) is 22.9 Å². The summed E-state index contributed by atoms with van der Waals surface area (Å²) < 4.78 is 0. The lowest BCUT2D eigenvalue weighted by Crippen LogP contribution is -2.02. The average Bonchev–Trinajstić information content (AvgIpc) is 1.93. The van der Waals surface area contributed by atoms with Gasteiger partial charge in [0.2, 0.25) is 0 Å². The van der Waals surface area contributed by atoms with E-state index in [0.29, 0.717) is 22.7 Å². The highest BCUT2D eigenvalue weighted by Gasteiger charge is 2.00. The van der Waals surface area contributed by atoms with Crippen LogP contribution in [0.5, 0.6) is 0 Å². The summed E-state index contributed by atoms with van der Waals surface area (Å²) in [5.74, 6) is 0. The highest BCUT2D eigenvalue weighted by Crippen LogP contribution is 2.27. The summed E-state index contributed by atoms with van der Waals surface area (Å²) in [6, 6.07) is 3.25. The maximum absolute atomic E-state index is 5.45. The van der Waals surface area contributed by atoms with Crippen molar-refractivity contribution in [3.8, 4) is 0 Å². The molecule has 0 atom stereocenters. The fraction of sp³-hybridized carbons (Fsp3) is 0. The molecule has 1 aromatic carbocycles.